The van der Waals surface area contributed by atoms with Crippen molar-refractivity contribution < 1.29 is 0 Å². The molecule has 1 unspecified atom stereocenters. The van der Waals surface area contributed by atoms with Gasteiger partial charge in [-0.25, -0.2) is 0 Å². The third-order valence-electron chi connectivity index (χ3n) is 4.29. The van der Waals surface area contributed by atoms with Gasteiger partial charge in [-0.05, 0) is 49.1 Å². The number of nitrogens with one attached hydrogen (secondary N) is 1. The number of hydrogen-bond acceptors (Lipinski definition) is 2. The van der Waals surface area contributed by atoms with Gasteiger partial charge < -0.3 is 5.32 Å². The van der Waals surface area contributed by atoms with Crippen molar-refractivity contribution in [3.63, 3.8) is 0 Å². The molecule has 1 aromatic rings. The molecule has 0 radical (unpaired) electrons. The zero-order valence-electron chi connectivity index (χ0n) is 12.5. The molecule has 2 rings (SSSR count). The van der Waals surface area contributed by atoms with Crippen LogP contribution in [0.2, 0.25) is 0 Å². The highest BCUT2D eigenvalue weighted by Crippen LogP contribution is 2.37. The van der Waals surface area contributed by atoms with Crippen molar-refractivity contribution in [2.45, 2.75) is 64.8 Å². The largest absolute Gasteiger partial charge is 0.309 e. The van der Waals surface area contributed by atoms with Crippen LogP contribution < -0.4 is 5.32 Å². The summed E-state index contributed by atoms with van der Waals surface area (Å²) in [6, 6.07) is 5.14. The molecule has 2 heteroatoms. The van der Waals surface area contributed by atoms with E-state index in [0.717, 1.165) is 11.8 Å². The lowest BCUT2D eigenvalue weighted by atomic mass is 9.96. The number of unbranched alkanes of at least 4 members (excludes halogenated alkanes) is 1. The lowest BCUT2D eigenvalue weighted by Crippen LogP contribution is -2.27. The zero-order valence-corrected chi connectivity index (χ0v) is 13.3. The van der Waals surface area contributed by atoms with Gasteiger partial charge >= 0.3 is 0 Å². The maximum atomic E-state index is 3.85. The Morgan fingerprint density at radius 2 is 2.05 bits per heavy atom. The molecular weight excluding hydrogens is 250 g/mol. The van der Waals surface area contributed by atoms with Crippen LogP contribution in [0.1, 0.15) is 69.7 Å². The van der Waals surface area contributed by atoms with E-state index in [1.165, 1.54) is 51.5 Å². The standard InChI is InChI=1S/C17H29NS/c1-14(2)8-5-6-12-18-17(15-9-3-4-10-15)16-11-7-13-19-16/h7,11,13-15,17-18H,3-6,8-10,12H2,1-2H3. The molecule has 0 bridgehead atoms. The molecule has 0 saturated heterocycles. The van der Waals surface area contributed by atoms with E-state index in [1.54, 1.807) is 4.88 Å². The molecule has 0 aromatic carbocycles. The predicted molar refractivity (Wildman–Crippen MR) is 85.7 cm³/mol. The summed E-state index contributed by atoms with van der Waals surface area (Å²) in [5.74, 6) is 1.73. The van der Waals surface area contributed by atoms with Crippen LogP contribution in [-0.2, 0) is 0 Å². The van der Waals surface area contributed by atoms with Crippen LogP contribution in [0.5, 0.6) is 0 Å². The first kappa shape index (κ1) is 15.1. The molecule has 19 heavy (non-hydrogen) atoms. The Bertz CT molecular complexity index is 325. The Hall–Kier alpha value is -0.340. The fourth-order valence-electron chi connectivity index (χ4n) is 3.19. The molecule has 1 fully saturated rings. The van der Waals surface area contributed by atoms with E-state index in [-0.39, 0.29) is 0 Å². The predicted octanol–water partition coefficient (Wildman–Crippen LogP) is 5.40. The molecule has 1 N–H and O–H groups in total. The van der Waals surface area contributed by atoms with Crippen LogP contribution in [0.25, 0.3) is 0 Å². The quantitative estimate of drug-likeness (QED) is 0.629. The van der Waals surface area contributed by atoms with E-state index in [2.05, 4.69) is 36.7 Å². The van der Waals surface area contributed by atoms with Crippen molar-refractivity contribution >= 4 is 11.3 Å². The lowest BCUT2D eigenvalue weighted by Gasteiger charge is -2.24. The van der Waals surface area contributed by atoms with E-state index in [4.69, 9.17) is 0 Å². The highest BCUT2D eigenvalue weighted by Gasteiger charge is 2.26. The molecule has 1 saturated carbocycles. The molecule has 0 spiro atoms. The van der Waals surface area contributed by atoms with Gasteiger partial charge in [0.1, 0.15) is 0 Å². The third kappa shape index (κ3) is 4.92. The van der Waals surface area contributed by atoms with Crippen LogP contribution in [0.4, 0.5) is 0 Å². The summed E-state index contributed by atoms with van der Waals surface area (Å²) in [6.45, 7) is 5.83. The van der Waals surface area contributed by atoms with E-state index in [0.29, 0.717) is 6.04 Å². The van der Waals surface area contributed by atoms with Crippen molar-refractivity contribution in [3.8, 4) is 0 Å². The molecule has 108 valence electrons. The second kappa shape index (κ2) is 8.06. The Morgan fingerprint density at radius 1 is 1.26 bits per heavy atom. The first-order chi connectivity index (χ1) is 9.27. The summed E-state index contributed by atoms with van der Waals surface area (Å²) < 4.78 is 0. The fraction of sp³-hybridized carbons (Fsp3) is 0.765. The normalized spacial score (nSPS) is 18.3. The molecule has 0 amide bonds. The van der Waals surface area contributed by atoms with Gasteiger partial charge in [-0.1, -0.05) is 45.6 Å². The van der Waals surface area contributed by atoms with Gasteiger partial charge in [-0.15, -0.1) is 11.3 Å². The van der Waals surface area contributed by atoms with E-state index in [1.807, 2.05) is 11.3 Å². The first-order valence-electron chi connectivity index (χ1n) is 8.04. The molecule has 1 aliphatic carbocycles. The van der Waals surface area contributed by atoms with Crippen molar-refractivity contribution in [3.05, 3.63) is 22.4 Å². The minimum absolute atomic E-state index is 0.626. The average Bonchev–Trinajstić information content (AvgIpc) is 3.06. The minimum Gasteiger partial charge on any atom is -0.309 e. The maximum Gasteiger partial charge on any atom is 0.0443 e. The summed E-state index contributed by atoms with van der Waals surface area (Å²) in [7, 11) is 0. The summed E-state index contributed by atoms with van der Waals surface area (Å²) in [5, 5.41) is 6.07. The van der Waals surface area contributed by atoms with Gasteiger partial charge in [0.05, 0.1) is 0 Å². The Balaban J connectivity index is 1.78. The maximum absolute atomic E-state index is 3.85. The van der Waals surface area contributed by atoms with Gasteiger partial charge in [-0.3, -0.25) is 0 Å². The second-order valence-electron chi connectivity index (χ2n) is 6.38. The molecular formula is C17H29NS. The lowest BCUT2D eigenvalue weighted by molar-refractivity contribution is 0.366. The highest BCUT2D eigenvalue weighted by molar-refractivity contribution is 7.10. The topological polar surface area (TPSA) is 12.0 Å². The monoisotopic (exact) mass is 279 g/mol. The molecule has 1 nitrogen and oxygen atoms in total. The number of thiophene rings is 1. The summed E-state index contributed by atoms with van der Waals surface area (Å²) in [4.78, 5) is 1.55. The smallest absolute Gasteiger partial charge is 0.0443 e. The van der Waals surface area contributed by atoms with E-state index < -0.39 is 0 Å². The first-order valence-corrected chi connectivity index (χ1v) is 8.92. The Kier molecular flexibility index (Phi) is 6.39. The molecule has 1 heterocycles. The Morgan fingerprint density at radius 3 is 2.68 bits per heavy atom. The second-order valence-corrected chi connectivity index (χ2v) is 7.36. The third-order valence-corrected chi connectivity index (χ3v) is 5.25. The SMILES string of the molecule is CC(C)CCCCNC(c1cccs1)C1CCCC1. The minimum atomic E-state index is 0.626. The van der Waals surface area contributed by atoms with Gasteiger partial charge in [0, 0.05) is 10.9 Å². The van der Waals surface area contributed by atoms with E-state index in [9.17, 15) is 0 Å². The van der Waals surface area contributed by atoms with Crippen LogP contribution >= 0.6 is 11.3 Å². The van der Waals surface area contributed by atoms with Crippen molar-refractivity contribution in [2.75, 3.05) is 6.54 Å². The average molecular weight is 279 g/mol. The van der Waals surface area contributed by atoms with Crippen LogP contribution in [0.15, 0.2) is 17.5 Å². The van der Waals surface area contributed by atoms with Crippen LogP contribution in [-0.4, -0.2) is 6.54 Å². The molecule has 1 atom stereocenters. The number of rotatable bonds is 8. The van der Waals surface area contributed by atoms with Crippen molar-refractivity contribution in [2.24, 2.45) is 11.8 Å². The van der Waals surface area contributed by atoms with Gasteiger partial charge in [-0.2, -0.15) is 0 Å². The summed E-state index contributed by atoms with van der Waals surface area (Å²) in [6.07, 6.45) is 9.76. The fourth-order valence-corrected chi connectivity index (χ4v) is 4.09. The number of hydrogen-bond donors (Lipinski definition) is 1. The van der Waals surface area contributed by atoms with Crippen molar-refractivity contribution in [1.29, 1.82) is 0 Å². The van der Waals surface area contributed by atoms with Crippen LogP contribution in [0, 0.1) is 11.8 Å². The molecule has 1 aromatic heterocycles. The molecule has 1 aliphatic rings. The van der Waals surface area contributed by atoms with Crippen LogP contribution in [0.3, 0.4) is 0 Å². The zero-order chi connectivity index (χ0) is 13.5. The summed E-state index contributed by atoms with van der Waals surface area (Å²) >= 11 is 1.92. The van der Waals surface area contributed by atoms with Gasteiger partial charge in [0.25, 0.3) is 0 Å². The van der Waals surface area contributed by atoms with Crippen molar-refractivity contribution in [1.82, 2.24) is 5.32 Å². The molecule has 0 aliphatic heterocycles. The Labute approximate surface area is 122 Å². The summed E-state index contributed by atoms with van der Waals surface area (Å²) in [5.41, 5.74) is 0. The highest BCUT2D eigenvalue weighted by atomic mass is 32.1. The van der Waals surface area contributed by atoms with Gasteiger partial charge in [0.15, 0.2) is 0 Å². The van der Waals surface area contributed by atoms with Gasteiger partial charge in [0.2, 0.25) is 0 Å². The van der Waals surface area contributed by atoms with E-state index >= 15 is 0 Å².